The highest BCUT2D eigenvalue weighted by Crippen LogP contribution is 2.27. The lowest BCUT2D eigenvalue weighted by molar-refractivity contribution is 0.183. The maximum atomic E-state index is 6.08. The Balaban J connectivity index is 1.88. The van der Waals surface area contributed by atoms with Gasteiger partial charge in [0.25, 0.3) is 6.01 Å². The lowest BCUT2D eigenvalue weighted by atomic mass is 10.1. The van der Waals surface area contributed by atoms with Gasteiger partial charge in [-0.2, -0.15) is 15.0 Å². The Morgan fingerprint density at radius 3 is 2.88 bits per heavy atom. The van der Waals surface area contributed by atoms with Crippen LogP contribution in [0.1, 0.15) is 39.5 Å². The SMILES string of the molecule is CCC[C@H](C)Oc1nc(N)c2nc(OC)n(CC[C@@H]3CCOC3)c2n1. The van der Waals surface area contributed by atoms with Crippen LogP contribution in [0, 0.1) is 5.92 Å². The van der Waals surface area contributed by atoms with Crippen molar-refractivity contribution in [2.45, 2.75) is 52.2 Å². The van der Waals surface area contributed by atoms with E-state index in [9.17, 15) is 0 Å². The summed E-state index contributed by atoms with van der Waals surface area (Å²) in [6, 6.07) is 0.785. The average Bonchev–Trinajstić information content (AvgIpc) is 3.20. The summed E-state index contributed by atoms with van der Waals surface area (Å²) in [5, 5.41) is 0. The summed E-state index contributed by atoms with van der Waals surface area (Å²) in [6.45, 7) is 6.52. The van der Waals surface area contributed by atoms with Gasteiger partial charge in [0.2, 0.25) is 0 Å². The van der Waals surface area contributed by atoms with Crippen molar-refractivity contribution in [2.75, 3.05) is 26.1 Å². The zero-order chi connectivity index (χ0) is 17.8. The second-order valence-corrected chi connectivity index (χ2v) is 6.55. The number of rotatable bonds is 8. The van der Waals surface area contributed by atoms with Crippen LogP contribution >= 0.6 is 0 Å². The number of nitrogens with zero attached hydrogens (tertiary/aromatic N) is 4. The van der Waals surface area contributed by atoms with Crippen molar-refractivity contribution in [2.24, 2.45) is 5.92 Å². The molecule has 1 fully saturated rings. The molecule has 2 aromatic rings. The van der Waals surface area contributed by atoms with Crippen LogP contribution in [0.4, 0.5) is 5.82 Å². The van der Waals surface area contributed by atoms with Gasteiger partial charge in [0, 0.05) is 19.8 Å². The van der Waals surface area contributed by atoms with Crippen molar-refractivity contribution in [1.29, 1.82) is 0 Å². The Morgan fingerprint density at radius 2 is 2.20 bits per heavy atom. The van der Waals surface area contributed by atoms with Crippen molar-refractivity contribution in [1.82, 2.24) is 19.5 Å². The van der Waals surface area contributed by atoms with Crippen LogP contribution in [-0.2, 0) is 11.3 Å². The zero-order valence-corrected chi connectivity index (χ0v) is 15.2. The highest BCUT2D eigenvalue weighted by molar-refractivity contribution is 5.83. The van der Waals surface area contributed by atoms with E-state index in [1.807, 2.05) is 11.5 Å². The highest BCUT2D eigenvalue weighted by atomic mass is 16.5. The average molecular weight is 349 g/mol. The van der Waals surface area contributed by atoms with Gasteiger partial charge in [-0.05, 0) is 32.1 Å². The van der Waals surface area contributed by atoms with E-state index in [0.29, 0.717) is 34.9 Å². The number of hydrogen-bond acceptors (Lipinski definition) is 7. The van der Waals surface area contributed by atoms with E-state index in [4.69, 9.17) is 19.9 Å². The van der Waals surface area contributed by atoms with Crippen LogP contribution in [0.25, 0.3) is 11.2 Å². The minimum absolute atomic E-state index is 0.0377. The molecule has 1 aliphatic heterocycles. The van der Waals surface area contributed by atoms with Gasteiger partial charge in [-0.15, -0.1) is 0 Å². The zero-order valence-electron chi connectivity index (χ0n) is 15.2. The molecule has 0 spiro atoms. The van der Waals surface area contributed by atoms with E-state index in [2.05, 4.69) is 21.9 Å². The maximum Gasteiger partial charge on any atom is 0.320 e. The molecule has 3 rings (SSSR count). The van der Waals surface area contributed by atoms with Crippen LogP contribution in [0.3, 0.4) is 0 Å². The smallest absolute Gasteiger partial charge is 0.320 e. The van der Waals surface area contributed by atoms with E-state index >= 15 is 0 Å². The molecular weight excluding hydrogens is 322 g/mol. The van der Waals surface area contributed by atoms with E-state index in [-0.39, 0.29) is 6.10 Å². The van der Waals surface area contributed by atoms with Gasteiger partial charge in [-0.3, -0.25) is 4.57 Å². The molecule has 0 saturated carbocycles. The van der Waals surface area contributed by atoms with E-state index in [1.165, 1.54) is 0 Å². The predicted octanol–water partition coefficient (Wildman–Crippen LogP) is 2.41. The maximum absolute atomic E-state index is 6.08. The van der Waals surface area contributed by atoms with Crippen LogP contribution in [-0.4, -0.2) is 45.9 Å². The minimum Gasteiger partial charge on any atom is -0.468 e. The third kappa shape index (κ3) is 3.95. The number of anilines is 1. The van der Waals surface area contributed by atoms with Crippen molar-refractivity contribution < 1.29 is 14.2 Å². The van der Waals surface area contributed by atoms with Gasteiger partial charge in [0.15, 0.2) is 17.0 Å². The highest BCUT2D eigenvalue weighted by Gasteiger charge is 2.21. The summed E-state index contributed by atoms with van der Waals surface area (Å²) >= 11 is 0. The first-order chi connectivity index (χ1) is 12.1. The molecule has 0 radical (unpaired) electrons. The molecule has 138 valence electrons. The summed E-state index contributed by atoms with van der Waals surface area (Å²) in [5.41, 5.74) is 7.28. The Hall–Kier alpha value is -2.09. The second kappa shape index (κ2) is 7.86. The molecular formula is C17H27N5O3. The summed E-state index contributed by atoms with van der Waals surface area (Å²) in [6.07, 6.45) is 4.08. The fourth-order valence-corrected chi connectivity index (χ4v) is 3.16. The molecule has 0 amide bonds. The monoisotopic (exact) mass is 349 g/mol. The van der Waals surface area contributed by atoms with Gasteiger partial charge < -0.3 is 19.9 Å². The first-order valence-corrected chi connectivity index (χ1v) is 8.94. The molecule has 2 N–H and O–H groups in total. The molecule has 8 heteroatoms. The fourth-order valence-electron chi connectivity index (χ4n) is 3.16. The number of ether oxygens (including phenoxy) is 3. The Morgan fingerprint density at radius 1 is 1.36 bits per heavy atom. The van der Waals surface area contributed by atoms with Gasteiger partial charge >= 0.3 is 6.01 Å². The Bertz CT molecular complexity index is 712. The molecule has 0 aromatic carbocycles. The molecule has 2 atom stereocenters. The Kier molecular flexibility index (Phi) is 5.57. The molecule has 3 heterocycles. The van der Waals surface area contributed by atoms with Crippen LogP contribution < -0.4 is 15.2 Å². The minimum atomic E-state index is 0.0377. The van der Waals surface area contributed by atoms with E-state index in [0.717, 1.165) is 45.4 Å². The van der Waals surface area contributed by atoms with Gasteiger partial charge in [0.1, 0.15) is 0 Å². The number of imidazole rings is 1. The Labute approximate surface area is 147 Å². The van der Waals surface area contributed by atoms with Gasteiger partial charge in [-0.25, -0.2) is 0 Å². The van der Waals surface area contributed by atoms with E-state index < -0.39 is 0 Å². The van der Waals surface area contributed by atoms with Crippen molar-refractivity contribution in [3.8, 4) is 12.0 Å². The number of nitrogens with two attached hydrogens (primary N) is 1. The quantitative estimate of drug-likeness (QED) is 0.781. The van der Waals surface area contributed by atoms with Crippen molar-refractivity contribution in [3.05, 3.63) is 0 Å². The van der Waals surface area contributed by atoms with Crippen LogP contribution in [0.15, 0.2) is 0 Å². The van der Waals surface area contributed by atoms with Crippen molar-refractivity contribution in [3.63, 3.8) is 0 Å². The van der Waals surface area contributed by atoms with Crippen LogP contribution in [0.5, 0.6) is 12.0 Å². The molecule has 1 saturated heterocycles. The number of aryl methyl sites for hydroxylation is 1. The normalized spacial score (nSPS) is 18.6. The number of nitrogen functional groups attached to an aromatic ring is 1. The molecule has 8 nitrogen and oxygen atoms in total. The summed E-state index contributed by atoms with van der Waals surface area (Å²) < 4.78 is 18.6. The summed E-state index contributed by atoms with van der Waals surface area (Å²) in [7, 11) is 1.60. The van der Waals surface area contributed by atoms with E-state index in [1.54, 1.807) is 7.11 Å². The first kappa shape index (κ1) is 17.7. The lowest BCUT2D eigenvalue weighted by Gasteiger charge is -2.13. The largest absolute Gasteiger partial charge is 0.468 e. The summed E-state index contributed by atoms with van der Waals surface area (Å²) in [4.78, 5) is 13.2. The molecule has 0 unspecified atom stereocenters. The molecule has 1 aliphatic rings. The van der Waals surface area contributed by atoms with Gasteiger partial charge in [0.05, 0.1) is 13.2 Å². The molecule has 0 aliphatic carbocycles. The fraction of sp³-hybridized carbons (Fsp3) is 0.706. The molecule has 2 aromatic heterocycles. The third-order valence-corrected chi connectivity index (χ3v) is 4.54. The predicted molar refractivity (Wildman–Crippen MR) is 94.8 cm³/mol. The molecule has 0 bridgehead atoms. The number of methoxy groups -OCH3 is 1. The van der Waals surface area contributed by atoms with Crippen molar-refractivity contribution >= 4 is 17.0 Å². The first-order valence-electron chi connectivity index (χ1n) is 8.94. The van der Waals surface area contributed by atoms with Gasteiger partial charge in [-0.1, -0.05) is 13.3 Å². The standard InChI is InChI=1S/C17H27N5O3/c1-4-5-11(2)25-16-20-14(18)13-15(21-16)22(17(19-13)23-3)8-6-12-7-9-24-10-12/h11-12H,4-10H2,1-3H3,(H2,18,20,21)/t11-,12+/m0/s1. The third-order valence-electron chi connectivity index (χ3n) is 4.54. The second-order valence-electron chi connectivity index (χ2n) is 6.55. The lowest BCUT2D eigenvalue weighted by Crippen LogP contribution is -2.14. The van der Waals surface area contributed by atoms with Crippen LogP contribution in [0.2, 0.25) is 0 Å². The topological polar surface area (TPSA) is 97.3 Å². The number of aromatic nitrogens is 4. The number of fused-ring (bicyclic) bond motifs is 1. The molecule has 25 heavy (non-hydrogen) atoms. The number of hydrogen-bond donors (Lipinski definition) is 1. The summed E-state index contributed by atoms with van der Waals surface area (Å²) in [5.74, 6) is 0.867.